The van der Waals surface area contributed by atoms with Crippen molar-refractivity contribution < 1.29 is 18.0 Å². The van der Waals surface area contributed by atoms with Gasteiger partial charge >= 0.3 is 0 Å². The van der Waals surface area contributed by atoms with E-state index in [2.05, 4.69) is 15.5 Å². The lowest BCUT2D eigenvalue weighted by Gasteiger charge is -2.24. The molecule has 1 aliphatic heterocycles. The molecule has 1 aromatic heterocycles. The van der Waals surface area contributed by atoms with Gasteiger partial charge in [0.05, 0.1) is 16.2 Å². The zero-order valence-corrected chi connectivity index (χ0v) is 16.8. The average molecular weight is 402 g/mol. The van der Waals surface area contributed by atoms with Crippen molar-refractivity contribution in [1.82, 2.24) is 15.1 Å². The van der Waals surface area contributed by atoms with Gasteiger partial charge in [0.15, 0.2) is 15.7 Å². The number of rotatable bonds is 5. The Morgan fingerprint density at radius 2 is 2.04 bits per heavy atom. The third kappa shape index (κ3) is 3.30. The van der Waals surface area contributed by atoms with Crippen molar-refractivity contribution >= 4 is 27.5 Å². The van der Waals surface area contributed by atoms with Crippen LogP contribution in [0, 0.1) is 5.92 Å². The standard InChI is InChI=1S/C19H22N4O4S/c1-10(12-4-5-12)23-9-14-6-13(15-8-17(22-21-15)20-11(2)24)7-16(28(3,26)27)18(14)19(23)25/h6-8,10,12H,4-5,9H2,1-3H3,(H2,20,21,22,24). The summed E-state index contributed by atoms with van der Waals surface area (Å²) in [5.41, 5.74) is 2.15. The summed E-state index contributed by atoms with van der Waals surface area (Å²) in [7, 11) is -3.61. The quantitative estimate of drug-likeness (QED) is 0.796. The van der Waals surface area contributed by atoms with Gasteiger partial charge in [-0.1, -0.05) is 0 Å². The van der Waals surface area contributed by atoms with E-state index in [-0.39, 0.29) is 28.3 Å². The van der Waals surface area contributed by atoms with Crippen molar-refractivity contribution in [3.8, 4) is 11.3 Å². The molecule has 1 aliphatic carbocycles. The number of carbonyl (C=O) groups is 2. The Hall–Kier alpha value is -2.68. The van der Waals surface area contributed by atoms with Gasteiger partial charge in [0.1, 0.15) is 0 Å². The summed E-state index contributed by atoms with van der Waals surface area (Å²) in [6.07, 6.45) is 3.32. The molecular formula is C19H22N4O4S. The molecule has 148 valence electrons. The molecule has 28 heavy (non-hydrogen) atoms. The van der Waals surface area contributed by atoms with Crippen LogP contribution in [0.2, 0.25) is 0 Å². The maximum absolute atomic E-state index is 13.0. The molecule has 0 bridgehead atoms. The van der Waals surface area contributed by atoms with Crippen molar-refractivity contribution in [3.63, 3.8) is 0 Å². The molecule has 9 heteroatoms. The fourth-order valence-corrected chi connectivity index (χ4v) is 4.69. The maximum Gasteiger partial charge on any atom is 0.256 e. The highest BCUT2D eigenvalue weighted by Gasteiger charge is 2.40. The number of anilines is 1. The fraction of sp³-hybridized carbons (Fsp3) is 0.421. The molecule has 0 radical (unpaired) electrons. The highest BCUT2D eigenvalue weighted by Crippen LogP contribution is 2.40. The average Bonchev–Trinajstić information content (AvgIpc) is 3.27. The number of nitrogens with zero attached hydrogens (tertiary/aromatic N) is 2. The largest absolute Gasteiger partial charge is 0.331 e. The molecule has 2 N–H and O–H groups in total. The molecule has 1 fully saturated rings. The first-order chi connectivity index (χ1) is 13.1. The number of hydrogen-bond acceptors (Lipinski definition) is 5. The van der Waals surface area contributed by atoms with Gasteiger partial charge in [0, 0.05) is 37.4 Å². The van der Waals surface area contributed by atoms with E-state index in [1.165, 1.54) is 13.0 Å². The van der Waals surface area contributed by atoms with Crippen LogP contribution in [0.15, 0.2) is 23.1 Å². The molecule has 1 atom stereocenters. The summed E-state index contributed by atoms with van der Waals surface area (Å²) < 4.78 is 24.9. The molecule has 1 unspecified atom stereocenters. The van der Waals surface area contributed by atoms with E-state index in [0.29, 0.717) is 35.1 Å². The Balaban J connectivity index is 1.78. The van der Waals surface area contributed by atoms with Gasteiger partial charge in [-0.05, 0) is 43.4 Å². The van der Waals surface area contributed by atoms with Gasteiger partial charge in [0.2, 0.25) is 5.91 Å². The molecule has 0 saturated heterocycles. The van der Waals surface area contributed by atoms with Crippen molar-refractivity contribution in [3.05, 3.63) is 29.3 Å². The van der Waals surface area contributed by atoms with Crippen LogP contribution in [0.3, 0.4) is 0 Å². The van der Waals surface area contributed by atoms with Crippen LogP contribution < -0.4 is 5.32 Å². The van der Waals surface area contributed by atoms with E-state index >= 15 is 0 Å². The molecule has 2 aromatic rings. The fourth-order valence-electron chi connectivity index (χ4n) is 3.76. The SMILES string of the molecule is CC(=O)Nc1cc(-c2cc3c(c(S(C)(=O)=O)c2)C(=O)N(C(C)C2CC2)C3)[nH]n1. The number of H-pyrrole nitrogens is 1. The topological polar surface area (TPSA) is 112 Å². The first kappa shape index (κ1) is 18.7. The van der Waals surface area contributed by atoms with Gasteiger partial charge in [-0.3, -0.25) is 14.7 Å². The van der Waals surface area contributed by atoms with E-state index in [4.69, 9.17) is 0 Å². The zero-order chi connectivity index (χ0) is 20.2. The van der Waals surface area contributed by atoms with Crippen molar-refractivity contribution in [2.75, 3.05) is 11.6 Å². The molecule has 2 amide bonds. The number of carbonyl (C=O) groups excluding carboxylic acids is 2. The second kappa shape index (κ2) is 6.44. The van der Waals surface area contributed by atoms with Crippen LogP contribution in [0.4, 0.5) is 5.82 Å². The van der Waals surface area contributed by atoms with Crippen LogP contribution in [-0.4, -0.2) is 47.6 Å². The van der Waals surface area contributed by atoms with Crippen LogP contribution in [0.1, 0.15) is 42.6 Å². The number of sulfone groups is 1. The highest BCUT2D eigenvalue weighted by molar-refractivity contribution is 7.90. The van der Waals surface area contributed by atoms with Gasteiger partial charge in [-0.25, -0.2) is 8.42 Å². The van der Waals surface area contributed by atoms with Crippen molar-refractivity contribution in [2.45, 2.75) is 44.2 Å². The Morgan fingerprint density at radius 3 is 2.64 bits per heavy atom. The number of aromatic amines is 1. The summed E-state index contributed by atoms with van der Waals surface area (Å²) in [5, 5.41) is 9.42. The monoisotopic (exact) mass is 402 g/mol. The van der Waals surface area contributed by atoms with Gasteiger partial charge < -0.3 is 10.2 Å². The lowest BCUT2D eigenvalue weighted by Crippen LogP contribution is -2.35. The third-order valence-electron chi connectivity index (χ3n) is 5.39. The minimum absolute atomic E-state index is 0.0335. The molecule has 1 saturated carbocycles. The Bertz CT molecular complexity index is 1090. The number of hydrogen-bond donors (Lipinski definition) is 2. The number of amides is 2. The first-order valence-corrected chi connectivity index (χ1v) is 11.1. The van der Waals surface area contributed by atoms with Gasteiger partial charge in [-0.2, -0.15) is 5.10 Å². The second-order valence-electron chi connectivity index (χ2n) is 7.64. The molecule has 1 aromatic carbocycles. The third-order valence-corrected chi connectivity index (χ3v) is 6.51. The summed E-state index contributed by atoms with van der Waals surface area (Å²) >= 11 is 0. The van der Waals surface area contributed by atoms with Crippen LogP contribution >= 0.6 is 0 Å². The summed E-state index contributed by atoms with van der Waals surface area (Å²) in [5.74, 6) is 0.375. The van der Waals surface area contributed by atoms with E-state index in [0.717, 1.165) is 19.1 Å². The number of fused-ring (bicyclic) bond motifs is 1. The predicted octanol–water partition coefficient (Wildman–Crippen LogP) is 2.19. The Kier molecular flexibility index (Phi) is 4.29. The van der Waals surface area contributed by atoms with Crippen LogP contribution in [0.25, 0.3) is 11.3 Å². The lowest BCUT2D eigenvalue weighted by atomic mass is 10.0. The predicted molar refractivity (Wildman–Crippen MR) is 103 cm³/mol. The second-order valence-corrected chi connectivity index (χ2v) is 9.62. The van der Waals surface area contributed by atoms with E-state index in [9.17, 15) is 18.0 Å². The minimum atomic E-state index is -3.61. The Morgan fingerprint density at radius 1 is 1.32 bits per heavy atom. The molecule has 2 aliphatic rings. The van der Waals surface area contributed by atoms with Crippen LogP contribution in [-0.2, 0) is 21.2 Å². The maximum atomic E-state index is 13.0. The molecule has 8 nitrogen and oxygen atoms in total. The number of nitrogens with one attached hydrogen (secondary N) is 2. The van der Waals surface area contributed by atoms with Crippen molar-refractivity contribution in [2.24, 2.45) is 5.92 Å². The highest BCUT2D eigenvalue weighted by atomic mass is 32.2. The van der Waals surface area contributed by atoms with Crippen LogP contribution in [0.5, 0.6) is 0 Å². The summed E-state index contributed by atoms with van der Waals surface area (Å²) in [6, 6.07) is 5.06. The molecule has 0 spiro atoms. The minimum Gasteiger partial charge on any atom is -0.331 e. The first-order valence-electron chi connectivity index (χ1n) is 9.16. The molecule has 2 heterocycles. The molecule has 4 rings (SSSR count). The summed E-state index contributed by atoms with van der Waals surface area (Å²) in [6.45, 7) is 3.80. The normalized spacial score (nSPS) is 17.5. The molecular weight excluding hydrogens is 380 g/mol. The smallest absolute Gasteiger partial charge is 0.256 e. The Labute approximate surface area is 163 Å². The van der Waals surface area contributed by atoms with Crippen molar-refractivity contribution in [1.29, 1.82) is 0 Å². The van der Waals surface area contributed by atoms with E-state index in [1.54, 1.807) is 11.0 Å². The van der Waals surface area contributed by atoms with E-state index < -0.39 is 9.84 Å². The van der Waals surface area contributed by atoms with Gasteiger partial charge in [0.25, 0.3) is 5.91 Å². The van der Waals surface area contributed by atoms with Gasteiger partial charge in [-0.15, -0.1) is 0 Å². The number of benzene rings is 1. The zero-order valence-electron chi connectivity index (χ0n) is 15.9. The lowest BCUT2D eigenvalue weighted by molar-refractivity contribution is -0.114. The number of aromatic nitrogens is 2. The summed E-state index contributed by atoms with van der Waals surface area (Å²) in [4.78, 5) is 26.0. The van der Waals surface area contributed by atoms with E-state index in [1.807, 2.05) is 13.0 Å².